The fourth-order valence-electron chi connectivity index (χ4n) is 2.45. The van der Waals surface area contributed by atoms with E-state index < -0.39 is 16.6 Å². The van der Waals surface area contributed by atoms with Gasteiger partial charge in [-0.2, -0.15) is 0 Å². The summed E-state index contributed by atoms with van der Waals surface area (Å²) in [5.41, 5.74) is -0.136. The van der Waals surface area contributed by atoms with Gasteiger partial charge in [0.25, 0.3) is 0 Å². The van der Waals surface area contributed by atoms with E-state index in [0.717, 1.165) is 10.0 Å². The van der Waals surface area contributed by atoms with Crippen LogP contribution in [-0.2, 0) is 11.3 Å². The number of carbonyl (C=O) groups is 1. The Hall–Kier alpha value is -2.55. The van der Waals surface area contributed by atoms with Crippen LogP contribution in [-0.4, -0.2) is 26.6 Å². The molecule has 0 spiro atoms. The number of hydrogen-bond acceptors (Lipinski definition) is 6. The van der Waals surface area contributed by atoms with Crippen molar-refractivity contribution in [3.63, 3.8) is 0 Å². The smallest absolute Gasteiger partial charge is 0.416 e. The highest BCUT2D eigenvalue weighted by atomic mass is 79.9. The van der Waals surface area contributed by atoms with Crippen molar-refractivity contribution in [3.05, 3.63) is 55.9 Å². The minimum Gasteiger partial charge on any atom is -0.443 e. The third-order valence-electron chi connectivity index (χ3n) is 3.43. The van der Waals surface area contributed by atoms with Crippen LogP contribution in [0.15, 0.2) is 28.7 Å². The zero-order chi connectivity index (χ0) is 20.4. The van der Waals surface area contributed by atoms with Crippen LogP contribution in [0, 0.1) is 24.0 Å². The van der Waals surface area contributed by atoms with Gasteiger partial charge in [-0.25, -0.2) is 14.8 Å². The number of anilines is 1. The number of benzene rings is 1. The van der Waals surface area contributed by atoms with Crippen LogP contribution in [0.3, 0.4) is 0 Å². The van der Waals surface area contributed by atoms with E-state index in [-0.39, 0.29) is 23.7 Å². The lowest BCUT2D eigenvalue weighted by molar-refractivity contribution is -0.385. The molecule has 0 atom stereocenters. The second-order valence-corrected chi connectivity index (χ2v) is 7.90. The van der Waals surface area contributed by atoms with Gasteiger partial charge in [0.2, 0.25) is 5.82 Å². The van der Waals surface area contributed by atoms with E-state index >= 15 is 0 Å². The fraction of sp³-hybridized carbons (Fsp3) is 0.389. The number of aromatic nitrogens is 2. The summed E-state index contributed by atoms with van der Waals surface area (Å²) < 4.78 is 6.29. The molecule has 0 N–H and O–H groups in total. The Morgan fingerprint density at radius 1 is 1.30 bits per heavy atom. The molecule has 0 radical (unpaired) electrons. The molecule has 1 amide bonds. The van der Waals surface area contributed by atoms with E-state index in [4.69, 9.17) is 4.74 Å². The molecule has 144 valence electrons. The molecule has 1 aromatic heterocycles. The quantitative estimate of drug-likeness (QED) is 0.508. The Morgan fingerprint density at radius 3 is 2.52 bits per heavy atom. The number of aryl methyl sites for hydroxylation is 2. The molecular formula is C18H21BrN4O4. The predicted molar refractivity (Wildman–Crippen MR) is 105 cm³/mol. The highest BCUT2D eigenvalue weighted by molar-refractivity contribution is 9.10. The molecule has 1 heterocycles. The van der Waals surface area contributed by atoms with Crippen molar-refractivity contribution in [2.45, 2.75) is 46.8 Å². The molecule has 9 heteroatoms. The summed E-state index contributed by atoms with van der Waals surface area (Å²) in [6.07, 6.45) is -0.719. The van der Waals surface area contributed by atoms with Gasteiger partial charge in [0.15, 0.2) is 0 Å². The monoisotopic (exact) mass is 436 g/mol. The number of nitro groups is 1. The number of nitrogens with zero attached hydrogens (tertiary/aromatic N) is 4. The maximum atomic E-state index is 12.9. The first-order valence-corrected chi connectivity index (χ1v) is 9.02. The second kappa shape index (κ2) is 7.99. The van der Waals surface area contributed by atoms with Crippen molar-refractivity contribution in [3.8, 4) is 0 Å². The molecule has 0 unspecified atom stereocenters. The van der Waals surface area contributed by atoms with Crippen LogP contribution in [0.5, 0.6) is 0 Å². The van der Waals surface area contributed by atoms with Gasteiger partial charge in [0.1, 0.15) is 17.1 Å². The third kappa shape index (κ3) is 5.46. The van der Waals surface area contributed by atoms with Crippen molar-refractivity contribution in [1.29, 1.82) is 0 Å². The molecule has 1 aromatic carbocycles. The maximum absolute atomic E-state index is 12.9. The topological polar surface area (TPSA) is 98.5 Å². The maximum Gasteiger partial charge on any atom is 0.416 e. The summed E-state index contributed by atoms with van der Waals surface area (Å²) in [7, 11) is 0. The zero-order valence-electron chi connectivity index (χ0n) is 15.8. The van der Waals surface area contributed by atoms with E-state index in [0.29, 0.717) is 5.82 Å². The van der Waals surface area contributed by atoms with Gasteiger partial charge in [-0.05, 0) is 52.3 Å². The van der Waals surface area contributed by atoms with Crippen LogP contribution in [0.2, 0.25) is 0 Å². The van der Waals surface area contributed by atoms with Crippen molar-refractivity contribution in [2.75, 3.05) is 4.90 Å². The first-order chi connectivity index (χ1) is 12.5. The van der Waals surface area contributed by atoms with Gasteiger partial charge in [-0.1, -0.05) is 28.1 Å². The summed E-state index contributed by atoms with van der Waals surface area (Å²) in [4.78, 5) is 33.3. The van der Waals surface area contributed by atoms with Gasteiger partial charge >= 0.3 is 11.8 Å². The van der Waals surface area contributed by atoms with E-state index in [1.54, 1.807) is 27.7 Å². The van der Waals surface area contributed by atoms with Crippen molar-refractivity contribution < 1.29 is 14.5 Å². The van der Waals surface area contributed by atoms with E-state index in [2.05, 4.69) is 25.9 Å². The van der Waals surface area contributed by atoms with Crippen molar-refractivity contribution in [1.82, 2.24) is 9.97 Å². The summed E-state index contributed by atoms with van der Waals surface area (Å²) in [6.45, 7) is 8.38. The molecule has 27 heavy (non-hydrogen) atoms. The molecule has 0 fully saturated rings. The van der Waals surface area contributed by atoms with E-state index in [1.165, 1.54) is 11.8 Å². The molecule has 0 saturated heterocycles. The fourth-order valence-corrected chi connectivity index (χ4v) is 2.90. The SMILES string of the molecule is Cc1nc(C)c([N+](=O)[O-])c(N(Cc2cccc(Br)c2)C(=O)OC(C)(C)C)n1. The van der Waals surface area contributed by atoms with E-state index in [9.17, 15) is 14.9 Å². The van der Waals surface area contributed by atoms with E-state index in [1.807, 2.05) is 24.3 Å². The van der Waals surface area contributed by atoms with Crippen LogP contribution < -0.4 is 4.90 Å². The first-order valence-electron chi connectivity index (χ1n) is 8.22. The predicted octanol–water partition coefficient (Wildman–Crippen LogP) is 4.71. The summed E-state index contributed by atoms with van der Waals surface area (Å²) >= 11 is 3.39. The third-order valence-corrected chi connectivity index (χ3v) is 3.93. The lowest BCUT2D eigenvalue weighted by Gasteiger charge is -2.27. The molecule has 0 bridgehead atoms. The number of amides is 1. The summed E-state index contributed by atoms with van der Waals surface area (Å²) in [6, 6.07) is 7.30. The molecule has 0 aliphatic heterocycles. The Balaban J connectivity index is 2.59. The van der Waals surface area contributed by atoms with Crippen LogP contribution in [0.25, 0.3) is 0 Å². The van der Waals surface area contributed by atoms with Crippen LogP contribution >= 0.6 is 15.9 Å². The second-order valence-electron chi connectivity index (χ2n) is 6.98. The molecule has 0 aliphatic rings. The summed E-state index contributed by atoms with van der Waals surface area (Å²) in [5, 5.41) is 11.6. The van der Waals surface area contributed by atoms with Crippen LogP contribution in [0.1, 0.15) is 37.9 Å². The number of hydrogen-bond donors (Lipinski definition) is 0. The minimum atomic E-state index is -0.765. The van der Waals surface area contributed by atoms with Gasteiger partial charge in [-0.3, -0.25) is 15.0 Å². The zero-order valence-corrected chi connectivity index (χ0v) is 17.4. The Labute approximate surface area is 165 Å². The standard InChI is InChI=1S/C18H21BrN4O4/c1-11-15(23(25)26)16(21-12(2)20-11)22(17(24)27-18(3,4)5)10-13-7-6-8-14(19)9-13/h6-9H,10H2,1-5H3. The molecule has 2 aromatic rings. The number of rotatable bonds is 4. The normalized spacial score (nSPS) is 11.2. The molecular weight excluding hydrogens is 416 g/mol. The van der Waals surface area contributed by atoms with Gasteiger partial charge in [0, 0.05) is 4.47 Å². The lowest BCUT2D eigenvalue weighted by atomic mass is 10.2. The Bertz CT molecular complexity index is 880. The Morgan fingerprint density at radius 2 is 1.96 bits per heavy atom. The van der Waals surface area contributed by atoms with Crippen molar-refractivity contribution >= 4 is 33.5 Å². The summed E-state index contributed by atoms with van der Waals surface area (Å²) in [5.74, 6) is 0.245. The molecule has 2 rings (SSSR count). The highest BCUT2D eigenvalue weighted by Gasteiger charge is 2.32. The molecule has 0 aliphatic carbocycles. The largest absolute Gasteiger partial charge is 0.443 e. The number of halogens is 1. The Kier molecular flexibility index (Phi) is 6.15. The van der Waals surface area contributed by atoms with Gasteiger partial charge in [0.05, 0.1) is 11.5 Å². The van der Waals surface area contributed by atoms with Crippen LogP contribution in [0.4, 0.5) is 16.3 Å². The van der Waals surface area contributed by atoms with Crippen molar-refractivity contribution in [2.24, 2.45) is 0 Å². The first kappa shape index (κ1) is 20.8. The number of ether oxygens (including phenoxy) is 1. The highest BCUT2D eigenvalue weighted by Crippen LogP contribution is 2.31. The van der Waals surface area contributed by atoms with Gasteiger partial charge in [-0.15, -0.1) is 0 Å². The molecule has 8 nitrogen and oxygen atoms in total. The lowest BCUT2D eigenvalue weighted by Crippen LogP contribution is -2.37. The number of carbonyl (C=O) groups excluding carboxylic acids is 1. The van der Waals surface area contributed by atoms with Gasteiger partial charge < -0.3 is 4.74 Å². The average molecular weight is 437 g/mol. The molecule has 0 saturated carbocycles. The average Bonchev–Trinajstić information content (AvgIpc) is 2.49. The minimum absolute atomic E-state index is 0.0606.